The van der Waals surface area contributed by atoms with E-state index in [-0.39, 0.29) is 17.5 Å². The first-order chi connectivity index (χ1) is 9.60. The van der Waals surface area contributed by atoms with Gasteiger partial charge >= 0.3 is 0 Å². The first-order valence-corrected chi connectivity index (χ1v) is 6.34. The second-order valence-electron chi connectivity index (χ2n) is 4.66. The van der Waals surface area contributed by atoms with E-state index in [4.69, 9.17) is 5.26 Å². The molecule has 1 unspecified atom stereocenters. The standard InChI is InChI=1S/C16H16N2O2/c1-11(15-6-5-14(19)8-16(15)20)18-10-13-4-2-3-12(7-13)9-17/h2-8,11,18-20H,10H2,1H3. The van der Waals surface area contributed by atoms with E-state index in [1.165, 1.54) is 6.07 Å². The van der Waals surface area contributed by atoms with Gasteiger partial charge in [-0.15, -0.1) is 0 Å². The molecule has 4 nitrogen and oxygen atoms in total. The molecular weight excluding hydrogens is 252 g/mol. The van der Waals surface area contributed by atoms with Crippen LogP contribution in [0.1, 0.15) is 29.7 Å². The molecule has 2 rings (SSSR count). The minimum atomic E-state index is -0.0682. The van der Waals surface area contributed by atoms with Crippen molar-refractivity contribution in [1.29, 1.82) is 5.26 Å². The predicted octanol–water partition coefficient (Wildman–Crippen LogP) is 2.82. The fraction of sp³-hybridized carbons (Fsp3) is 0.188. The van der Waals surface area contributed by atoms with Crippen LogP contribution in [0.15, 0.2) is 42.5 Å². The van der Waals surface area contributed by atoms with Gasteiger partial charge in [-0.3, -0.25) is 0 Å². The normalized spacial score (nSPS) is 11.8. The summed E-state index contributed by atoms with van der Waals surface area (Å²) in [5.41, 5.74) is 2.36. The van der Waals surface area contributed by atoms with Crippen LogP contribution >= 0.6 is 0 Å². The van der Waals surface area contributed by atoms with Crippen molar-refractivity contribution < 1.29 is 10.2 Å². The third kappa shape index (κ3) is 3.28. The predicted molar refractivity (Wildman–Crippen MR) is 76.2 cm³/mol. The van der Waals surface area contributed by atoms with E-state index in [9.17, 15) is 10.2 Å². The Hall–Kier alpha value is -2.51. The number of phenolic OH excluding ortho intramolecular Hbond substituents is 2. The molecule has 20 heavy (non-hydrogen) atoms. The second-order valence-corrected chi connectivity index (χ2v) is 4.66. The zero-order valence-electron chi connectivity index (χ0n) is 11.2. The lowest BCUT2D eigenvalue weighted by Gasteiger charge is -2.16. The highest BCUT2D eigenvalue weighted by molar-refractivity contribution is 5.40. The summed E-state index contributed by atoms with van der Waals surface area (Å²) in [5.74, 6) is 0.107. The summed E-state index contributed by atoms with van der Waals surface area (Å²) in [5, 5.41) is 31.2. The molecule has 0 amide bonds. The Kier molecular flexibility index (Phi) is 4.24. The molecule has 0 radical (unpaired) electrons. The SMILES string of the molecule is CC(NCc1cccc(C#N)c1)c1ccc(O)cc1O. The number of hydrogen-bond acceptors (Lipinski definition) is 4. The van der Waals surface area contributed by atoms with Gasteiger partial charge in [0.1, 0.15) is 11.5 Å². The van der Waals surface area contributed by atoms with Crippen molar-refractivity contribution >= 4 is 0 Å². The van der Waals surface area contributed by atoms with E-state index >= 15 is 0 Å². The van der Waals surface area contributed by atoms with Crippen LogP contribution in [0.4, 0.5) is 0 Å². The quantitative estimate of drug-likeness (QED) is 0.797. The lowest BCUT2D eigenvalue weighted by atomic mass is 10.1. The lowest BCUT2D eigenvalue weighted by Crippen LogP contribution is -2.18. The fourth-order valence-corrected chi connectivity index (χ4v) is 2.03. The molecule has 2 aromatic rings. The summed E-state index contributed by atoms with van der Waals surface area (Å²) in [6.45, 7) is 2.53. The van der Waals surface area contributed by atoms with E-state index in [1.54, 1.807) is 18.2 Å². The monoisotopic (exact) mass is 268 g/mol. The maximum Gasteiger partial charge on any atom is 0.124 e. The Labute approximate surface area is 117 Å². The van der Waals surface area contributed by atoms with Crippen molar-refractivity contribution in [2.75, 3.05) is 0 Å². The van der Waals surface area contributed by atoms with E-state index < -0.39 is 0 Å². The summed E-state index contributed by atoms with van der Waals surface area (Å²) in [6.07, 6.45) is 0. The molecule has 0 aliphatic carbocycles. The van der Waals surface area contributed by atoms with Gasteiger partial charge in [0.2, 0.25) is 0 Å². The van der Waals surface area contributed by atoms with Crippen LogP contribution in [0.25, 0.3) is 0 Å². The molecule has 0 spiro atoms. The number of benzene rings is 2. The van der Waals surface area contributed by atoms with Crippen LogP contribution in [-0.2, 0) is 6.54 Å². The van der Waals surface area contributed by atoms with Crippen molar-refractivity contribution in [3.05, 3.63) is 59.2 Å². The van der Waals surface area contributed by atoms with Gasteiger partial charge in [-0.25, -0.2) is 0 Å². The minimum Gasteiger partial charge on any atom is -0.508 e. The number of aromatic hydroxyl groups is 2. The molecule has 0 heterocycles. The molecule has 2 aromatic carbocycles. The Morgan fingerprint density at radius 3 is 2.70 bits per heavy atom. The summed E-state index contributed by atoms with van der Waals surface area (Å²) in [6, 6.07) is 14.0. The smallest absolute Gasteiger partial charge is 0.124 e. The Bertz CT molecular complexity index is 647. The van der Waals surface area contributed by atoms with Crippen LogP contribution < -0.4 is 5.32 Å². The number of hydrogen-bond donors (Lipinski definition) is 3. The zero-order valence-corrected chi connectivity index (χ0v) is 11.2. The van der Waals surface area contributed by atoms with E-state index in [0.717, 1.165) is 11.1 Å². The first-order valence-electron chi connectivity index (χ1n) is 6.34. The average Bonchev–Trinajstić information content (AvgIpc) is 2.45. The Balaban J connectivity index is 2.04. The van der Waals surface area contributed by atoms with Gasteiger partial charge in [-0.05, 0) is 30.7 Å². The third-order valence-corrected chi connectivity index (χ3v) is 3.15. The molecule has 1 atom stereocenters. The van der Waals surface area contributed by atoms with Gasteiger partial charge in [-0.1, -0.05) is 18.2 Å². The number of nitrogens with zero attached hydrogens (tertiary/aromatic N) is 1. The molecule has 0 fully saturated rings. The highest BCUT2D eigenvalue weighted by Crippen LogP contribution is 2.27. The largest absolute Gasteiger partial charge is 0.508 e. The van der Waals surface area contributed by atoms with Gasteiger partial charge in [-0.2, -0.15) is 5.26 Å². The number of phenols is 2. The van der Waals surface area contributed by atoms with Crippen LogP contribution in [0.5, 0.6) is 11.5 Å². The van der Waals surface area contributed by atoms with Crippen LogP contribution in [0.2, 0.25) is 0 Å². The maximum absolute atomic E-state index is 9.80. The Morgan fingerprint density at radius 1 is 1.20 bits per heavy atom. The summed E-state index contributed by atoms with van der Waals surface area (Å²) in [7, 11) is 0. The molecule has 0 aromatic heterocycles. The van der Waals surface area contributed by atoms with Crippen molar-refractivity contribution in [2.24, 2.45) is 0 Å². The minimum absolute atomic E-state index is 0.0418. The maximum atomic E-state index is 9.80. The van der Waals surface area contributed by atoms with Crippen molar-refractivity contribution in [3.63, 3.8) is 0 Å². The third-order valence-electron chi connectivity index (χ3n) is 3.15. The van der Waals surface area contributed by atoms with Crippen LogP contribution in [0.3, 0.4) is 0 Å². The number of nitrogens with one attached hydrogen (secondary N) is 1. The molecule has 102 valence electrons. The Morgan fingerprint density at radius 2 is 2.00 bits per heavy atom. The lowest BCUT2D eigenvalue weighted by molar-refractivity contribution is 0.436. The van der Waals surface area contributed by atoms with Crippen LogP contribution in [-0.4, -0.2) is 10.2 Å². The fourth-order valence-electron chi connectivity index (χ4n) is 2.03. The van der Waals surface area contributed by atoms with Gasteiger partial charge in [0.25, 0.3) is 0 Å². The van der Waals surface area contributed by atoms with Gasteiger partial charge < -0.3 is 15.5 Å². The topological polar surface area (TPSA) is 76.3 Å². The molecule has 0 saturated heterocycles. The summed E-state index contributed by atoms with van der Waals surface area (Å²) >= 11 is 0. The first kappa shape index (κ1) is 13.9. The van der Waals surface area contributed by atoms with E-state index in [1.807, 2.05) is 25.1 Å². The molecule has 0 aliphatic heterocycles. The van der Waals surface area contributed by atoms with E-state index in [0.29, 0.717) is 12.1 Å². The van der Waals surface area contributed by atoms with Crippen molar-refractivity contribution in [3.8, 4) is 17.6 Å². The van der Waals surface area contributed by atoms with Crippen molar-refractivity contribution in [1.82, 2.24) is 5.32 Å². The van der Waals surface area contributed by atoms with Crippen LogP contribution in [0, 0.1) is 11.3 Å². The van der Waals surface area contributed by atoms with E-state index in [2.05, 4.69) is 11.4 Å². The van der Waals surface area contributed by atoms with Crippen molar-refractivity contribution in [2.45, 2.75) is 19.5 Å². The van der Waals surface area contributed by atoms with Gasteiger partial charge in [0.15, 0.2) is 0 Å². The molecule has 0 saturated carbocycles. The molecule has 4 heteroatoms. The number of rotatable bonds is 4. The molecule has 0 aliphatic rings. The summed E-state index contributed by atoms with van der Waals surface area (Å²) in [4.78, 5) is 0. The molecular formula is C16H16N2O2. The van der Waals surface area contributed by atoms with Gasteiger partial charge in [0, 0.05) is 24.2 Å². The second kappa shape index (κ2) is 6.09. The highest BCUT2D eigenvalue weighted by Gasteiger charge is 2.10. The number of nitriles is 1. The molecule has 0 bridgehead atoms. The molecule has 3 N–H and O–H groups in total. The zero-order chi connectivity index (χ0) is 14.5. The highest BCUT2D eigenvalue weighted by atomic mass is 16.3. The summed E-state index contributed by atoms with van der Waals surface area (Å²) < 4.78 is 0. The van der Waals surface area contributed by atoms with Gasteiger partial charge in [0.05, 0.1) is 11.6 Å². The average molecular weight is 268 g/mol.